The minimum atomic E-state index is -0.574. The summed E-state index contributed by atoms with van der Waals surface area (Å²) in [6, 6.07) is 6.31. The molecule has 0 unspecified atom stereocenters. The van der Waals surface area contributed by atoms with Crippen molar-refractivity contribution in [1.29, 1.82) is 0 Å². The van der Waals surface area contributed by atoms with Gasteiger partial charge in [0.25, 0.3) is 0 Å². The first-order valence-corrected chi connectivity index (χ1v) is 8.28. The van der Waals surface area contributed by atoms with E-state index in [-0.39, 0.29) is 29.3 Å². The molecule has 1 aliphatic rings. The average Bonchev–Trinajstić information content (AvgIpc) is 2.65. The fourth-order valence-electron chi connectivity index (χ4n) is 3.32. The maximum atomic E-state index is 12.1. The van der Waals surface area contributed by atoms with Gasteiger partial charge in [-0.2, -0.15) is 0 Å². The first kappa shape index (κ1) is 18.6. The van der Waals surface area contributed by atoms with Gasteiger partial charge in [-0.3, -0.25) is 9.59 Å². The van der Waals surface area contributed by atoms with E-state index in [9.17, 15) is 14.7 Å². The maximum absolute atomic E-state index is 12.1. The number of phenols is 1. The SMILES string of the molecule is COc1cc(OC)c([C@H]2CC(=O)Oc3ccc(C(C)=O)c(O)c32)cc1OC. The molecule has 0 saturated heterocycles. The molecule has 1 heterocycles. The molecule has 2 aromatic carbocycles. The number of carbonyl (C=O) groups excluding carboxylic acids is 2. The largest absolute Gasteiger partial charge is 0.507 e. The van der Waals surface area contributed by atoms with Gasteiger partial charge in [0.1, 0.15) is 17.2 Å². The van der Waals surface area contributed by atoms with Crippen LogP contribution >= 0.6 is 0 Å². The molecule has 0 amide bonds. The zero-order valence-corrected chi connectivity index (χ0v) is 15.5. The van der Waals surface area contributed by atoms with E-state index in [0.29, 0.717) is 28.4 Å². The number of Topliss-reactive ketones (excluding diaryl/α,β-unsaturated/α-hetero) is 1. The number of aromatic hydroxyl groups is 1. The third-order valence-electron chi connectivity index (χ3n) is 4.61. The van der Waals surface area contributed by atoms with Crippen LogP contribution in [0, 0.1) is 0 Å². The minimum absolute atomic E-state index is 0.0201. The molecule has 1 atom stereocenters. The van der Waals surface area contributed by atoms with Crippen molar-refractivity contribution >= 4 is 11.8 Å². The van der Waals surface area contributed by atoms with Crippen molar-refractivity contribution in [3.05, 3.63) is 41.0 Å². The molecule has 1 aliphatic heterocycles. The molecule has 7 nitrogen and oxygen atoms in total. The predicted molar refractivity (Wildman–Crippen MR) is 96.3 cm³/mol. The lowest BCUT2D eigenvalue weighted by atomic mass is 9.83. The highest BCUT2D eigenvalue weighted by atomic mass is 16.5. The molecular formula is C20H20O7. The summed E-state index contributed by atoms with van der Waals surface area (Å²) in [7, 11) is 4.51. The Morgan fingerprint density at radius 3 is 2.30 bits per heavy atom. The highest BCUT2D eigenvalue weighted by molar-refractivity contribution is 5.98. The molecule has 0 bridgehead atoms. The van der Waals surface area contributed by atoms with E-state index >= 15 is 0 Å². The van der Waals surface area contributed by atoms with Gasteiger partial charge in [-0.25, -0.2) is 0 Å². The Kier molecular flexibility index (Phi) is 4.94. The summed E-state index contributed by atoms with van der Waals surface area (Å²) in [5, 5.41) is 10.7. The maximum Gasteiger partial charge on any atom is 0.312 e. The number of ketones is 1. The quantitative estimate of drug-likeness (QED) is 0.490. The summed E-state index contributed by atoms with van der Waals surface area (Å²) in [5.41, 5.74) is 1.15. The van der Waals surface area contributed by atoms with Crippen molar-refractivity contribution in [2.45, 2.75) is 19.3 Å². The van der Waals surface area contributed by atoms with Gasteiger partial charge in [-0.05, 0) is 25.1 Å². The number of hydrogen-bond acceptors (Lipinski definition) is 7. The highest BCUT2D eigenvalue weighted by Crippen LogP contribution is 2.49. The Labute approximate surface area is 156 Å². The van der Waals surface area contributed by atoms with Crippen LogP contribution in [0.3, 0.4) is 0 Å². The van der Waals surface area contributed by atoms with Crippen molar-refractivity contribution in [3.8, 4) is 28.7 Å². The van der Waals surface area contributed by atoms with Gasteiger partial charge < -0.3 is 24.1 Å². The second-order valence-corrected chi connectivity index (χ2v) is 6.11. The van der Waals surface area contributed by atoms with E-state index < -0.39 is 11.9 Å². The lowest BCUT2D eigenvalue weighted by Gasteiger charge is -2.28. The Balaban J connectivity index is 2.26. The molecule has 27 heavy (non-hydrogen) atoms. The number of hydrogen-bond donors (Lipinski definition) is 1. The summed E-state index contributed by atoms with van der Waals surface area (Å²) in [6.45, 7) is 1.36. The minimum Gasteiger partial charge on any atom is -0.507 e. The molecule has 0 spiro atoms. The van der Waals surface area contributed by atoms with Crippen LogP contribution in [0.1, 0.15) is 40.7 Å². The van der Waals surface area contributed by atoms with Gasteiger partial charge in [0, 0.05) is 23.1 Å². The molecule has 3 rings (SSSR count). The van der Waals surface area contributed by atoms with Gasteiger partial charge in [0.2, 0.25) is 0 Å². The fourth-order valence-corrected chi connectivity index (χ4v) is 3.32. The topological polar surface area (TPSA) is 91.3 Å². The molecule has 0 saturated carbocycles. The Morgan fingerprint density at radius 2 is 1.70 bits per heavy atom. The fraction of sp³-hybridized carbons (Fsp3) is 0.300. The zero-order valence-electron chi connectivity index (χ0n) is 15.5. The van der Waals surface area contributed by atoms with Crippen molar-refractivity contribution < 1.29 is 33.6 Å². The van der Waals surface area contributed by atoms with Crippen LogP contribution in [0.25, 0.3) is 0 Å². The van der Waals surface area contributed by atoms with Crippen molar-refractivity contribution in [2.75, 3.05) is 21.3 Å². The van der Waals surface area contributed by atoms with E-state index in [0.717, 1.165) is 0 Å². The van der Waals surface area contributed by atoms with Crippen LogP contribution in [-0.2, 0) is 4.79 Å². The summed E-state index contributed by atoms with van der Waals surface area (Å²) >= 11 is 0. The van der Waals surface area contributed by atoms with E-state index in [4.69, 9.17) is 18.9 Å². The highest BCUT2D eigenvalue weighted by Gasteiger charge is 2.35. The molecule has 0 fully saturated rings. The lowest BCUT2D eigenvalue weighted by Crippen LogP contribution is -2.22. The average molecular weight is 372 g/mol. The number of rotatable bonds is 5. The van der Waals surface area contributed by atoms with E-state index in [1.165, 1.54) is 40.4 Å². The standard InChI is InChI=1S/C20H20O7/c1-10(21)11-5-6-14-19(20(11)23)13(8-18(22)27-14)12-7-16(25-3)17(26-4)9-15(12)24-2/h5-7,9,13,23H,8H2,1-4H3/t13-/m1/s1. The second-order valence-electron chi connectivity index (χ2n) is 6.11. The summed E-state index contributed by atoms with van der Waals surface area (Å²) in [6.07, 6.45) is -0.0201. The van der Waals surface area contributed by atoms with E-state index in [1.807, 2.05) is 0 Å². The third-order valence-corrected chi connectivity index (χ3v) is 4.61. The molecule has 2 aromatic rings. The van der Waals surface area contributed by atoms with Crippen LogP contribution in [0.4, 0.5) is 0 Å². The van der Waals surface area contributed by atoms with Gasteiger partial charge in [0.15, 0.2) is 17.3 Å². The Morgan fingerprint density at radius 1 is 1.07 bits per heavy atom. The Bertz CT molecular complexity index is 917. The van der Waals surface area contributed by atoms with Gasteiger partial charge in [-0.1, -0.05) is 0 Å². The van der Waals surface area contributed by atoms with Gasteiger partial charge in [-0.15, -0.1) is 0 Å². The molecule has 0 radical (unpaired) electrons. The van der Waals surface area contributed by atoms with E-state index in [1.54, 1.807) is 12.1 Å². The molecule has 142 valence electrons. The number of fused-ring (bicyclic) bond motifs is 1. The number of benzene rings is 2. The summed E-state index contributed by atoms with van der Waals surface area (Å²) in [5.74, 6) is 0.102. The van der Waals surface area contributed by atoms with E-state index in [2.05, 4.69) is 0 Å². The molecule has 7 heteroatoms. The first-order chi connectivity index (χ1) is 12.9. The predicted octanol–water partition coefficient (Wildman–Crippen LogP) is 3.06. The lowest BCUT2D eigenvalue weighted by molar-refractivity contribution is -0.135. The smallest absolute Gasteiger partial charge is 0.312 e. The monoisotopic (exact) mass is 372 g/mol. The van der Waals surface area contributed by atoms with Crippen molar-refractivity contribution in [1.82, 2.24) is 0 Å². The van der Waals surface area contributed by atoms with Crippen LogP contribution in [0.2, 0.25) is 0 Å². The van der Waals surface area contributed by atoms with Crippen LogP contribution in [0.15, 0.2) is 24.3 Å². The third kappa shape index (κ3) is 3.16. The van der Waals surface area contributed by atoms with Crippen LogP contribution in [0.5, 0.6) is 28.7 Å². The second kappa shape index (κ2) is 7.19. The van der Waals surface area contributed by atoms with Crippen molar-refractivity contribution in [2.24, 2.45) is 0 Å². The van der Waals surface area contributed by atoms with Crippen LogP contribution in [-0.4, -0.2) is 38.2 Å². The van der Waals surface area contributed by atoms with Gasteiger partial charge in [0.05, 0.1) is 33.3 Å². The van der Waals surface area contributed by atoms with Gasteiger partial charge >= 0.3 is 5.97 Å². The number of methoxy groups -OCH3 is 3. The normalized spacial score (nSPS) is 15.6. The zero-order chi connectivity index (χ0) is 19.7. The first-order valence-electron chi connectivity index (χ1n) is 8.28. The van der Waals surface area contributed by atoms with Crippen LogP contribution < -0.4 is 18.9 Å². The number of phenolic OH excluding ortho intramolecular Hbond substituents is 1. The molecule has 1 N–H and O–H groups in total. The molecule has 0 aromatic heterocycles. The molecule has 0 aliphatic carbocycles. The number of carbonyl (C=O) groups is 2. The molecular weight excluding hydrogens is 352 g/mol. The van der Waals surface area contributed by atoms with Crippen molar-refractivity contribution in [3.63, 3.8) is 0 Å². The summed E-state index contributed by atoms with van der Waals surface area (Å²) in [4.78, 5) is 24.0. The number of esters is 1. The summed E-state index contributed by atoms with van der Waals surface area (Å²) < 4.78 is 21.4. The number of ether oxygens (including phenoxy) is 4. The Hall–Kier alpha value is -3.22.